The maximum absolute atomic E-state index is 14.9. The van der Waals surface area contributed by atoms with E-state index in [1.54, 1.807) is 12.1 Å². The summed E-state index contributed by atoms with van der Waals surface area (Å²) in [6, 6.07) is 7.34. The van der Waals surface area contributed by atoms with Crippen LogP contribution in [-0.2, 0) is 4.74 Å². The average molecular weight is 421 g/mol. The van der Waals surface area contributed by atoms with Crippen LogP contribution in [0.4, 0.5) is 13.2 Å². The lowest BCUT2D eigenvalue weighted by Gasteiger charge is -2.29. The Morgan fingerprint density at radius 2 is 1.80 bits per heavy atom. The molecule has 0 N–H and O–H groups in total. The molecular formula is C25H31F3O2. The van der Waals surface area contributed by atoms with E-state index in [0.29, 0.717) is 18.8 Å². The molecule has 1 saturated heterocycles. The van der Waals surface area contributed by atoms with Gasteiger partial charge in [0, 0.05) is 11.5 Å². The van der Waals surface area contributed by atoms with Crippen molar-refractivity contribution in [3.8, 4) is 16.9 Å². The Morgan fingerprint density at radius 3 is 2.47 bits per heavy atom. The van der Waals surface area contributed by atoms with Gasteiger partial charge in [-0.05, 0) is 48.9 Å². The van der Waals surface area contributed by atoms with Crippen LogP contribution in [0.2, 0.25) is 0 Å². The third-order valence-corrected chi connectivity index (χ3v) is 5.76. The lowest BCUT2D eigenvalue weighted by atomic mass is 9.88. The summed E-state index contributed by atoms with van der Waals surface area (Å²) in [5, 5.41) is 0. The lowest BCUT2D eigenvalue weighted by molar-refractivity contribution is -0.00277. The Hall–Kier alpha value is -2.01. The normalized spacial score (nSPS) is 19.1. The highest BCUT2D eigenvalue weighted by Gasteiger charge is 2.27. The van der Waals surface area contributed by atoms with E-state index in [9.17, 15) is 13.2 Å². The molecule has 0 saturated carbocycles. The molecule has 0 bridgehead atoms. The molecule has 1 aliphatic rings. The van der Waals surface area contributed by atoms with Gasteiger partial charge in [0.05, 0.1) is 19.3 Å². The van der Waals surface area contributed by atoms with Crippen LogP contribution in [0.1, 0.15) is 70.3 Å². The zero-order valence-corrected chi connectivity index (χ0v) is 17.9. The van der Waals surface area contributed by atoms with Gasteiger partial charge in [0.25, 0.3) is 0 Å². The summed E-state index contributed by atoms with van der Waals surface area (Å²) in [6.45, 7) is 4.90. The molecule has 2 unspecified atom stereocenters. The van der Waals surface area contributed by atoms with Crippen molar-refractivity contribution in [2.24, 2.45) is 0 Å². The third-order valence-electron chi connectivity index (χ3n) is 5.76. The molecule has 2 aromatic carbocycles. The van der Waals surface area contributed by atoms with E-state index < -0.39 is 17.5 Å². The van der Waals surface area contributed by atoms with Gasteiger partial charge in [-0.1, -0.05) is 51.3 Å². The summed E-state index contributed by atoms with van der Waals surface area (Å²) in [4.78, 5) is 0. The molecule has 2 atom stereocenters. The first-order chi connectivity index (χ1) is 14.5. The van der Waals surface area contributed by atoms with E-state index in [0.717, 1.165) is 32.1 Å². The number of hydrogen-bond acceptors (Lipinski definition) is 2. The van der Waals surface area contributed by atoms with E-state index in [1.165, 1.54) is 31.0 Å². The SMILES string of the molecule is CCCCCC1CCC(c2ccc(-c3ccc(OCCC)c(F)c3)c(F)c2F)CO1. The number of ether oxygens (including phenoxy) is 2. The van der Waals surface area contributed by atoms with Crippen molar-refractivity contribution in [1.29, 1.82) is 0 Å². The first kappa shape index (κ1) is 22.7. The number of halogens is 3. The van der Waals surface area contributed by atoms with Gasteiger partial charge in [-0.15, -0.1) is 0 Å². The first-order valence-electron chi connectivity index (χ1n) is 11.1. The number of benzene rings is 2. The van der Waals surface area contributed by atoms with Crippen LogP contribution in [0.3, 0.4) is 0 Å². The van der Waals surface area contributed by atoms with Crippen molar-refractivity contribution in [3.63, 3.8) is 0 Å². The van der Waals surface area contributed by atoms with E-state index in [2.05, 4.69) is 6.92 Å². The van der Waals surface area contributed by atoms with Crippen LogP contribution >= 0.6 is 0 Å². The van der Waals surface area contributed by atoms with Crippen molar-refractivity contribution >= 4 is 0 Å². The molecule has 5 heteroatoms. The minimum atomic E-state index is -0.945. The molecule has 2 aromatic rings. The Balaban J connectivity index is 1.71. The predicted octanol–water partition coefficient (Wildman–Crippen LogP) is 7.40. The Kier molecular flexibility index (Phi) is 8.20. The van der Waals surface area contributed by atoms with Crippen molar-refractivity contribution in [2.75, 3.05) is 13.2 Å². The predicted molar refractivity (Wildman–Crippen MR) is 113 cm³/mol. The van der Waals surface area contributed by atoms with Crippen molar-refractivity contribution in [1.82, 2.24) is 0 Å². The Bertz CT molecular complexity index is 829. The fourth-order valence-electron chi connectivity index (χ4n) is 4.00. The van der Waals surface area contributed by atoms with Crippen LogP contribution in [0.15, 0.2) is 30.3 Å². The van der Waals surface area contributed by atoms with Gasteiger partial charge in [-0.25, -0.2) is 13.2 Å². The fourth-order valence-corrected chi connectivity index (χ4v) is 4.00. The van der Waals surface area contributed by atoms with Gasteiger partial charge >= 0.3 is 0 Å². The summed E-state index contributed by atoms with van der Waals surface area (Å²) < 4.78 is 55.2. The highest BCUT2D eigenvalue weighted by molar-refractivity contribution is 5.66. The molecule has 3 rings (SSSR count). The summed E-state index contributed by atoms with van der Waals surface area (Å²) in [7, 11) is 0. The summed E-state index contributed by atoms with van der Waals surface area (Å²) in [5.74, 6) is -2.43. The van der Waals surface area contributed by atoms with Gasteiger partial charge in [0.15, 0.2) is 23.2 Å². The summed E-state index contributed by atoms with van der Waals surface area (Å²) >= 11 is 0. The summed E-state index contributed by atoms with van der Waals surface area (Å²) in [5.41, 5.74) is 0.674. The van der Waals surface area contributed by atoms with Crippen LogP contribution in [0.25, 0.3) is 11.1 Å². The highest BCUT2D eigenvalue weighted by atomic mass is 19.2. The molecule has 0 radical (unpaired) electrons. The molecule has 1 fully saturated rings. The average Bonchev–Trinajstić information content (AvgIpc) is 2.75. The van der Waals surface area contributed by atoms with Crippen LogP contribution in [0, 0.1) is 17.5 Å². The largest absolute Gasteiger partial charge is 0.491 e. The molecule has 1 heterocycles. The van der Waals surface area contributed by atoms with Gasteiger partial charge < -0.3 is 9.47 Å². The monoisotopic (exact) mass is 420 g/mol. The molecule has 30 heavy (non-hydrogen) atoms. The molecule has 2 nitrogen and oxygen atoms in total. The molecule has 0 aromatic heterocycles. The van der Waals surface area contributed by atoms with Gasteiger partial charge in [0.1, 0.15) is 0 Å². The number of hydrogen-bond donors (Lipinski definition) is 0. The van der Waals surface area contributed by atoms with Crippen molar-refractivity contribution in [3.05, 3.63) is 53.3 Å². The van der Waals surface area contributed by atoms with Crippen LogP contribution < -0.4 is 4.74 Å². The Labute approximate surface area is 177 Å². The second-order valence-corrected chi connectivity index (χ2v) is 8.05. The fraction of sp³-hybridized carbons (Fsp3) is 0.520. The smallest absolute Gasteiger partial charge is 0.166 e. The standard InChI is InChI=1S/C25H31F3O2/c1-3-5-6-7-19-10-8-18(16-30-19)21-12-11-20(24(27)25(21)28)17-9-13-23(22(26)15-17)29-14-4-2/h9,11-13,15,18-19H,3-8,10,14,16H2,1-2H3. The third kappa shape index (κ3) is 5.37. The molecule has 0 amide bonds. The van der Waals surface area contributed by atoms with E-state index in [-0.39, 0.29) is 28.9 Å². The van der Waals surface area contributed by atoms with E-state index >= 15 is 0 Å². The van der Waals surface area contributed by atoms with Crippen LogP contribution in [-0.4, -0.2) is 19.3 Å². The molecule has 1 aliphatic heterocycles. The summed E-state index contributed by atoms with van der Waals surface area (Å²) in [6.07, 6.45) is 7.15. The highest BCUT2D eigenvalue weighted by Crippen LogP contribution is 2.35. The zero-order valence-electron chi connectivity index (χ0n) is 17.9. The minimum Gasteiger partial charge on any atom is -0.491 e. The molecule has 0 spiro atoms. The van der Waals surface area contributed by atoms with Gasteiger partial charge in [-0.3, -0.25) is 0 Å². The molecule has 164 valence electrons. The quantitative estimate of drug-likeness (QED) is 0.393. The van der Waals surface area contributed by atoms with E-state index in [4.69, 9.17) is 9.47 Å². The zero-order chi connectivity index (χ0) is 21.5. The van der Waals surface area contributed by atoms with Gasteiger partial charge in [-0.2, -0.15) is 0 Å². The number of rotatable bonds is 9. The molecule has 0 aliphatic carbocycles. The first-order valence-corrected chi connectivity index (χ1v) is 11.1. The Morgan fingerprint density at radius 1 is 0.967 bits per heavy atom. The molecular weight excluding hydrogens is 389 g/mol. The topological polar surface area (TPSA) is 18.5 Å². The lowest BCUT2D eigenvalue weighted by Crippen LogP contribution is -2.25. The number of unbranched alkanes of at least 4 members (excludes halogenated alkanes) is 2. The maximum atomic E-state index is 14.9. The van der Waals surface area contributed by atoms with Crippen LogP contribution in [0.5, 0.6) is 5.75 Å². The van der Waals surface area contributed by atoms with Gasteiger partial charge in [0.2, 0.25) is 0 Å². The van der Waals surface area contributed by atoms with Crippen molar-refractivity contribution in [2.45, 2.75) is 70.8 Å². The second-order valence-electron chi connectivity index (χ2n) is 8.05. The van der Waals surface area contributed by atoms with E-state index in [1.807, 2.05) is 6.92 Å². The maximum Gasteiger partial charge on any atom is 0.166 e. The minimum absolute atomic E-state index is 0.0476. The second kappa shape index (κ2) is 10.9. The van der Waals surface area contributed by atoms with Crippen molar-refractivity contribution < 1.29 is 22.6 Å².